The Morgan fingerprint density at radius 1 is 0.604 bits per heavy atom. The number of amides is 8. The first-order valence-electron chi connectivity index (χ1n) is 32.5. The maximum absolute atomic E-state index is 15.3. The maximum Gasteiger partial charge on any atom is 3.00 e. The summed E-state index contributed by atoms with van der Waals surface area (Å²) in [4.78, 5) is 175. The summed E-state index contributed by atoms with van der Waals surface area (Å²) in [5.41, 5.74) is 7.92. The minimum absolute atomic E-state index is 0. The van der Waals surface area contributed by atoms with Crippen molar-refractivity contribution in [2.45, 2.75) is 113 Å². The van der Waals surface area contributed by atoms with E-state index in [1.54, 1.807) is 65.7 Å². The summed E-state index contributed by atoms with van der Waals surface area (Å²) >= 11 is 0. The van der Waals surface area contributed by atoms with Gasteiger partial charge in [-0.1, -0.05) is 82.3 Å². The molecule has 0 bridgehead atoms. The number of nitrogens with two attached hydrogens (primary N) is 1. The van der Waals surface area contributed by atoms with Crippen LogP contribution in [-0.4, -0.2) is 293 Å². The summed E-state index contributed by atoms with van der Waals surface area (Å²) in [5, 5.41) is 98.5. The molecule has 0 spiro atoms. The van der Waals surface area contributed by atoms with Crippen molar-refractivity contribution in [3.63, 3.8) is 0 Å². The average molecular weight is 1500 g/mol. The Labute approximate surface area is 603 Å². The van der Waals surface area contributed by atoms with Crippen LogP contribution in [0.25, 0.3) is 10.9 Å². The predicted molar refractivity (Wildman–Crippen MR) is 365 cm³/mol. The van der Waals surface area contributed by atoms with Crippen molar-refractivity contribution in [2.75, 3.05) is 96.6 Å². The second-order valence-electron chi connectivity index (χ2n) is 24.4. The summed E-state index contributed by atoms with van der Waals surface area (Å²) in [5.74, 6) is -14.9. The SMILES string of the molecule is CC(O)C(NC(=O)C1CSSCC(NC(=O)C(Cc2ccccc2)NC(=O)CN2CCN(CC(=O)[O-])CCN(CC(=O)[O-])CCN(CC(=O)[O-])CC2)C(=O)NC(Cc2ccc(O)cc2)C(=O)NC(Cc2c[nH]c3ccccc23)C(=O)NC(CCCCN)C(=O)NC(C(C)O)C(=O)N1)C(=O)O.[Ga+3]. The number of aromatic nitrogens is 1. The van der Waals surface area contributed by atoms with Crippen molar-refractivity contribution in [2.24, 2.45) is 5.73 Å². The molecule has 10 atom stereocenters. The molecule has 0 radical (unpaired) electrons. The molecule has 101 heavy (non-hydrogen) atoms. The van der Waals surface area contributed by atoms with Crippen molar-refractivity contribution >= 4 is 123 Å². The number of nitrogens with one attached hydrogen (secondary N) is 9. The van der Waals surface area contributed by atoms with E-state index in [2.05, 4.69) is 47.5 Å². The molecule has 0 saturated carbocycles. The second kappa shape index (κ2) is 42.2. The summed E-state index contributed by atoms with van der Waals surface area (Å²) in [6.07, 6.45) is -1.98. The fourth-order valence-electron chi connectivity index (χ4n) is 11.1. The summed E-state index contributed by atoms with van der Waals surface area (Å²) in [6, 6.07) is 7.74. The van der Waals surface area contributed by atoms with Gasteiger partial charge in [0, 0.05) is 120 Å². The molecule has 0 aliphatic carbocycles. The Balaban J connectivity index is 0.0000184. The van der Waals surface area contributed by atoms with Crippen LogP contribution >= 0.6 is 21.6 Å². The Morgan fingerprint density at radius 3 is 1.66 bits per heavy atom. The van der Waals surface area contributed by atoms with Crippen molar-refractivity contribution in [1.82, 2.24) is 67.1 Å². The number of aliphatic hydroxyl groups excluding tert-OH is 2. The molecule has 2 fully saturated rings. The molecular formula is C65H87GaN14O19S2. The van der Waals surface area contributed by atoms with Gasteiger partial charge in [0.1, 0.15) is 48.0 Å². The molecule has 3 aromatic carbocycles. The number of hydrogen-bond acceptors (Lipinski definition) is 25. The van der Waals surface area contributed by atoms with Crippen LogP contribution < -0.4 is 63.6 Å². The number of H-pyrrole nitrogens is 1. The van der Waals surface area contributed by atoms with E-state index >= 15 is 14.4 Å². The standard InChI is InChI=1S/C65H90N14O19S2.Ga/c1-38(80)56-64(96)73-51(63(95)75-57(39(2)81)65(97)98)37-100-99-36-50(72-59(91)47(28-40-10-4-3-5-11-40)68-52(83)32-76-20-22-77(33-53(84)85)24-26-79(35-55(88)89)27-25-78(23-21-76)34-54(86)87)62(94)70-48(29-41-15-17-43(82)18-16-41)60(92)71-49(30-42-31-67-45-13-7-6-12-44(42)45)61(93)69-46(58(90)74-56)14-8-9-19-66;/h3-7,10-13,15-18,31,38-39,46-51,56-57,67,80-82H,8-9,14,19-30,32-37,66H2,1-2H3,(H,68,83)(H,69,93)(H,70,94)(H,71,92)(H,72,91)(H,73,96)(H,74,90)(H,75,95)(H,84,85)(H,86,87)(H,88,89)(H,97,98);/q;+3/p-3. The first-order chi connectivity index (χ1) is 47.7. The minimum Gasteiger partial charge on any atom is -0.549 e. The number of para-hydroxylation sites is 1. The number of benzene rings is 3. The van der Waals surface area contributed by atoms with E-state index in [0.717, 1.165) is 35.4 Å². The van der Waals surface area contributed by atoms with Gasteiger partial charge in [-0.3, -0.25) is 58.0 Å². The van der Waals surface area contributed by atoms with Gasteiger partial charge in [0.05, 0.1) is 36.7 Å². The molecule has 546 valence electrons. The zero-order valence-electron chi connectivity index (χ0n) is 55.9. The Hall–Kier alpha value is -8.30. The molecule has 1 aromatic heterocycles. The molecule has 2 saturated heterocycles. The van der Waals surface area contributed by atoms with E-state index in [-0.39, 0.29) is 117 Å². The number of phenols is 1. The number of carbonyl (C=O) groups excluding carboxylic acids is 11. The van der Waals surface area contributed by atoms with Crippen LogP contribution in [0, 0.1) is 0 Å². The van der Waals surface area contributed by atoms with Crippen molar-refractivity contribution in [3.05, 3.63) is 102 Å². The van der Waals surface area contributed by atoms with Gasteiger partial charge in [0.2, 0.25) is 47.3 Å². The van der Waals surface area contributed by atoms with Gasteiger partial charge in [-0.2, -0.15) is 0 Å². The van der Waals surface area contributed by atoms with Gasteiger partial charge in [-0.15, -0.1) is 0 Å². The van der Waals surface area contributed by atoms with Gasteiger partial charge >= 0.3 is 25.8 Å². The van der Waals surface area contributed by atoms with E-state index in [4.69, 9.17) is 5.73 Å². The Kier molecular flexibility index (Phi) is 34.8. The van der Waals surface area contributed by atoms with E-state index < -0.39 is 169 Å². The van der Waals surface area contributed by atoms with Gasteiger partial charge in [-0.25, -0.2) is 4.79 Å². The number of unbranched alkanes of at least 4 members (excludes halogenated alkanes) is 1. The Bertz CT molecular complexity index is 3420. The van der Waals surface area contributed by atoms with Crippen molar-refractivity contribution < 1.29 is 93.3 Å². The molecular weight excluding hydrogens is 1410 g/mol. The molecule has 3 heterocycles. The smallest absolute Gasteiger partial charge is 0.549 e. The van der Waals surface area contributed by atoms with E-state index in [1.807, 2.05) is 0 Å². The third kappa shape index (κ3) is 28.2. The number of aliphatic carboxylic acids is 4. The van der Waals surface area contributed by atoms with Crippen LogP contribution in [0.5, 0.6) is 5.75 Å². The number of fused-ring (bicyclic) bond motifs is 1. The number of carboxylic acid groups (broad SMARTS) is 4. The van der Waals surface area contributed by atoms with E-state index in [0.29, 0.717) is 34.0 Å². The number of aromatic amines is 1. The molecule has 36 heteroatoms. The summed E-state index contributed by atoms with van der Waals surface area (Å²) < 4.78 is 0. The number of carbonyl (C=O) groups is 12. The average Bonchev–Trinajstić information content (AvgIpc) is 1.75. The van der Waals surface area contributed by atoms with Gasteiger partial charge < -0.3 is 103 Å². The third-order valence-electron chi connectivity index (χ3n) is 16.5. The Morgan fingerprint density at radius 2 is 1.12 bits per heavy atom. The number of aliphatic hydroxyl groups is 2. The number of aromatic hydroxyl groups is 1. The topological polar surface area (TPSA) is 506 Å². The number of rotatable bonds is 26. The minimum atomic E-state index is -1.91. The molecule has 33 nitrogen and oxygen atoms in total. The normalized spacial score (nSPS) is 21.7. The fourth-order valence-corrected chi connectivity index (χ4v) is 13.4. The molecule has 6 rings (SSSR count). The van der Waals surface area contributed by atoms with Crippen LogP contribution in [0.3, 0.4) is 0 Å². The van der Waals surface area contributed by atoms with Crippen molar-refractivity contribution in [1.29, 1.82) is 0 Å². The monoisotopic (exact) mass is 1500 g/mol. The van der Waals surface area contributed by atoms with Crippen LogP contribution in [-0.2, 0) is 76.8 Å². The molecule has 8 amide bonds. The largest absolute Gasteiger partial charge is 3.00 e. The van der Waals surface area contributed by atoms with Crippen LogP contribution in [0.2, 0.25) is 0 Å². The zero-order chi connectivity index (χ0) is 73.0. The van der Waals surface area contributed by atoms with Crippen molar-refractivity contribution in [3.8, 4) is 5.75 Å². The maximum atomic E-state index is 15.3. The van der Waals surface area contributed by atoms with E-state index in [1.165, 1.54) is 39.0 Å². The van der Waals surface area contributed by atoms with Gasteiger partial charge in [-0.05, 0) is 74.5 Å². The molecule has 15 N–H and O–H groups in total. The predicted octanol–water partition coefficient (Wildman–Crippen LogP) is -7.76. The van der Waals surface area contributed by atoms with Crippen LogP contribution in [0.15, 0.2) is 85.1 Å². The third-order valence-corrected chi connectivity index (χ3v) is 19.0. The van der Waals surface area contributed by atoms with E-state index in [9.17, 15) is 78.9 Å². The second-order valence-corrected chi connectivity index (χ2v) is 27.0. The molecule has 2 aliphatic heterocycles. The van der Waals surface area contributed by atoms with Gasteiger partial charge in [0.15, 0.2) is 6.04 Å². The van der Waals surface area contributed by atoms with Crippen LogP contribution in [0.1, 0.15) is 49.8 Å². The first kappa shape index (κ1) is 83.4. The summed E-state index contributed by atoms with van der Waals surface area (Å²) in [7, 11) is 1.64. The van der Waals surface area contributed by atoms with Gasteiger partial charge in [0.25, 0.3) is 0 Å². The summed E-state index contributed by atoms with van der Waals surface area (Å²) in [6.45, 7) is 0.342. The first-order valence-corrected chi connectivity index (χ1v) is 35.0. The number of hydrogen-bond donors (Lipinski definition) is 14. The molecule has 4 aromatic rings. The fraction of sp³-hybridized carbons (Fsp3) is 0.508. The number of carboxylic acids is 4. The number of phenolic OH excluding ortho intramolecular Hbond substituents is 1. The molecule has 10 unspecified atom stereocenters. The molecule has 2 aliphatic rings. The quantitative estimate of drug-likeness (QED) is 0.0158. The zero-order valence-corrected chi connectivity index (χ0v) is 59.9. The van der Waals surface area contributed by atoms with Crippen LogP contribution in [0.4, 0.5) is 0 Å². The number of nitrogens with zero attached hydrogens (tertiary/aromatic N) is 4.